The third-order valence-electron chi connectivity index (χ3n) is 5.63. The highest BCUT2D eigenvalue weighted by Crippen LogP contribution is 2.38. The van der Waals surface area contributed by atoms with E-state index in [1.165, 1.54) is 11.8 Å². The van der Waals surface area contributed by atoms with Crippen molar-refractivity contribution in [3.05, 3.63) is 52.9 Å². The summed E-state index contributed by atoms with van der Waals surface area (Å²) < 4.78 is 126. The van der Waals surface area contributed by atoms with Crippen LogP contribution in [-0.2, 0) is 43.0 Å². The number of hydrogen-bond acceptors (Lipinski definition) is 8. The average molecular weight is 570 g/mol. The fraction of sp³-hybridized carbons (Fsp3) is 0.476. The lowest BCUT2D eigenvalue weighted by atomic mass is 10.1. The van der Waals surface area contributed by atoms with E-state index < -0.39 is 53.6 Å². The number of halogens is 9. The van der Waals surface area contributed by atoms with Gasteiger partial charge in [0.1, 0.15) is 16.8 Å². The highest BCUT2D eigenvalue weighted by Gasteiger charge is 2.42. The number of nitrogens with one attached hydrogen (secondary N) is 1. The molecule has 0 aliphatic carbocycles. The summed E-state index contributed by atoms with van der Waals surface area (Å²) in [5.41, 5.74) is -4.29. The molecule has 1 atom stereocenters. The zero-order valence-corrected chi connectivity index (χ0v) is 19.9. The summed E-state index contributed by atoms with van der Waals surface area (Å²) in [5.74, 6) is -0.176. The highest BCUT2D eigenvalue weighted by molar-refractivity contribution is 5.50. The third kappa shape index (κ3) is 6.48. The Labute approximate surface area is 214 Å². The van der Waals surface area contributed by atoms with Crippen LogP contribution in [0.2, 0.25) is 0 Å². The second-order valence-corrected chi connectivity index (χ2v) is 8.56. The van der Waals surface area contributed by atoms with Crippen LogP contribution in [0.15, 0.2) is 24.8 Å². The van der Waals surface area contributed by atoms with Gasteiger partial charge in [-0.25, -0.2) is 9.97 Å². The van der Waals surface area contributed by atoms with Crippen molar-refractivity contribution in [1.82, 2.24) is 29.9 Å². The van der Waals surface area contributed by atoms with Gasteiger partial charge in [0.25, 0.3) is 0 Å². The summed E-state index contributed by atoms with van der Waals surface area (Å²) in [6.45, 7) is 0.269. The Morgan fingerprint density at radius 1 is 0.897 bits per heavy atom. The molecule has 0 unspecified atom stereocenters. The molecule has 4 rings (SSSR count). The number of alkyl halides is 9. The fourth-order valence-electron chi connectivity index (χ4n) is 3.90. The molecule has 0 bridgehead atoms. The average Bonchev–Trinajstić information content (AvgIpc) is 3.21. The number of hydrogen-bond donors (Lipinski definition) is 1. The van der Waals surface area contributed by atoms with Crippen LogP contribution in [0.25, 0.3) is 0 Å². The van der Waals surface area contributed by atoms with Crippen molar-refractivity contribution in [3.8, 4) is 0 Å². The summed E-state index contributed by atoms with van der Waals surface area (Å²) in [5, 5.41) is 13.1. The summed E-state index contributed by atoms with van der Waals surface area (Å²) in [6, 6.07) is -0.755. The first kappa shape index (κ1) is 28.3. The number of ether oxygens (including phenoxy) is 1. The lowest BCUT2D eigenvalue weighted by molar-refractivity contribution is -0.140. The van der Waals surface area contributed by atoms with Gasteiger partial charge in [-0.3, -0.25) is 4.68 Å². The van der Waals surface area contributed by atoms with Crippen LogP contribution in [0.3, 0.4) is 0 Å². The molecule has 4 heterocycles. The molecule has 0 saturated heterocycles. The molecule has 9 nitrogen and oxygen atoms in total. The third-order valence-corrected chi connectivity index (χ3v) is 5.63. The monoisotopic (exact) mass is 570 g/mol. The molecule has 0 radical (unpaired) electrons. The fourth-order valence-corrected chi connectivity index (χ4v) is 3.90. The maximum atomic E-state index is 14.0. The molecule has 0 spiro atoms. The first-order valence-corrected chi connectivity index (χ1v) is 11.2. The Balaban J connectivity index is 1.46. The quantitative estimate of drug-likeness (QED) is 0.414. The standard InChI is InChI=1S/C21H19F9N8O/c1-11(35-14-7-34-33-6-13(14)20(25,26)27)9-39-10-15-17(21(28,29)30)16-8-37(2-3-38(16)36-15)18-31-4-12(5-32-18)19(22,23)24/h4-7,11H,2-3,8-10H2,1H3,(H,33,35)/t11-/m0/s1. The Hall–Kier alpha value is -3.70. The maximum Gasteiger partial charge on any atom is 0.420 e. The molecule has 212 valence electrons. The van der Waals surface area contributed by atoms with Crippen LogP contribution in [0.5, 0.6) is 0 Å². The van der Waals surface area contributed by atoms with Crippen LogP contribution in [0.4, 0.5) is 51.1 Å². The number of fused-ring (bicyclic) bond motifs is 1. The Kier molecular flexibility index (Phi) is 7.59. The number of nitrogens with zero attached hydrogens (tertiary/aromatic N) is 7. The zero-order chi connectivity index (χ0) is 28.6. The minimum Gasteiger partial charge on any atom is -0.378 e. The SMILES string of the molecule is C[C@@H](COCc1nn2c(c1C(F)(F)F)CN(c1ncc(C(F)(F)F)cn1)CC2)Nc1cnncc1C(F)(F)F. The van der Waals surface area contributed by atoms with E-state index in [-0.39, 0.29) is 43.6 Å². The molecule has 1 aliphatic rings. The van der Waals surface area contributed by atoms with Crippen molar-refractivity contribution in [3.63, 3.8) is 0 Å². The molecule has 0 fully saturated rings. The van der Waals surface area contributed by atoms with Gasteiger partial charge < -0.3 is 15.0 Å². The normalized spacial score (nSPS) is 15.3. The van der Waals surface area contributed by atoms with Crippen molar-refractivity contribution in [2.24, 2.45) is 0 Å². The van der Waals surface area contributed by atoms with Gasteiger partial charge in [0.15, 0.2) is 0 Å². The molecule has 0 saturated carbocycles. The van der Waals surface area contributed by atoms with Crippen LogP contribution in [-0.4, -0.2) is 49.1 Å². The molecule has 39 heavy (non-hydrogen) atoms. The number of aromatic nitrogens is 6. The highest BCUT2D eigenvalue weighted by atomic mass is 19.4. The Bertz CT molecular complexity index is 1290. The van der Waals surface area contributed by atoms with Gasteiger partial charge in [-0.05, 0) is 6.92 Å². The van der Waals surface area contributed by atoms with Crippen molar-refractivity contribution in [1.29, 1.82) is 0 Å². The van der Waals surface area contributed by atoms with Crippen LogP contribution < -0.4 is 10.2 Å². The van der Waals surface area contributed by atoms with Crippen molar-refractivity contribution < 1.29 is 44.3 Å². The zero-order valence-electron chi connectivity index (χ0n) is 19.9. The summed E-state index contributed by atoms with van der Waals surface area (Å²) >= 11 is 0. The van der Waals surface area contributed by atoms with Crippen molar-refractivity contribution in [2.45, 2.75) is 51.2 Å². The number of rotatable bonds is 7. The molecular formula is C21H19F9N8O. The first-order valence-electron chi connectivity index (χ1n) is 11.2. The second-order valence-electron chi connectivity index (χ2n) is 8.56. The maximum absolute atomic E-state index is 14.0. The molecule has 0 aromatic carbocycles. The molecule has 1 N–H and O–H groups in total. The Morgan fingerprint density at radius 3 is 2.18 bits per heavy atom. The van der Waals surface area contributed by atoms with Crippen LogP contribution in [0, 0.1) is 0 Å². The topological polar surface area (TPSA) is 93.9 Å². The van der Waals surface area contributed by atoms with E-state index in [1.807, 2.05) is 0 Å². The molecule has 3 aromatic heterocycles. The number of anilines is 2. The van der Waals surface area contributed by atoms with Gasteiger partial charge in [0, 0.05) is 25.0 Å². The van der Waals surface area contributed by atoms with Gasteiger partial charge in [0.2, 0.25) is 5.95 Å². The molecule has 0 amide bonds. The lowest BCUT2D eigenvalue weighted by Gasteiger charge is -2.28. The predicted molar refractivity (Wildman–Crippen MR) is 115 cm³/mol. The summed E-state index contributed by atoms with van der Waals surface area (Å²) in [4.78, 5) is 8.57. The smallest absolute Gasteiger partial charge is 0.378 e. The van der Waals surface area contributed by atoms with E-state index in [1.54, 1.807) is 0 Å². The van der Waals surface area contributed by atoms with Gasteiger partial charge in [-0.15, -0.1) is 0 Å². The van der Waals surface area contributed by atoms with Gasteiger partial charge in [-0.1, -0.05) is 0 Å². The van der Waals surface area contributed by atoms with Gasteiger partial charge in [0.05, 0.1) is 55.6 Å². The Morgan fingerprint density at radius 2 is 1.56 bits per heavy atom. The lowest BCUT2D eigenvalue weighted by Crippen LogP contribution is -2.36. The van der Waals surface area contributed by atoms with E-state index in [4.69, 9.17) is 4.74 Å². The van der Waals surface area contributed by atoms with Gasteiger partial charge in [-0.2, -0.15) is 54.8 Å². The van der Waals surface area contributed by atoms with E-state index in [2.05, 4.69) is 30.6 Å². The van der Waals surface area contributed by atoms with Crippen molar-refractivity contribution in [2.75, 3.05) is 23.4 Å². The van der Waals surface area contributed by atoms with Crippen LogP contribution >= 0.6 is 0 Å². The minimum atomic E-state index is -4.84. The molecule has 3 aromatic rings. The molecule has 1 aliphatic heterocycles. The second kappa shape index (κ2) is 10.5. The molecule has 18 heteroatoms. The van der Waals surface area contributed by atoms with Gasteiger partial charge >= 0.3 is 18.5 Å². The first-order chi connectivity index (χ1) is 18.1. The van der Waals surface area contributed by atoms with E-state index in [9.17, 15) is 39.5 Å². The molecular weight excluding hydrogens is 551 g/mol. The van der Waals surface area contributed by atoms with Crippen LogP contribution in [0.1, 0.15) is 35.0 Å². The predicted octanol–water partition coefficient (Wildman–Crippen LogP) is 4.56. The minimum absolute atomic E-state index is 0.0317. The largest absolute Gasteiger partial charge is 0.420 e. The van der Waals surface area contributed by atoms with Crippen molar-refractivity contribution >= 4 is 11.6 Å². The van der Waals surface area contributed by atoms with E-state index in [0.717, 1.165) is 10.9 Å². The summed E-state index contributed by atoms with van der Waals surface area (Å²) in [7, 11) is 0. The van der Waals surface area contributed by atoms with E-state index >= 15 is 0 Å². The summed E-state index contributed by atoms with van der Waals surface area (Å²) in [6.07, 6.45) is -11.7. The van der Waals surface area contributed by atoms with E-state index in [0.29, 0.717) is 18.6 Å².